The molecule has 3 aromatic rings. The van der Waals surface area contributed by atoms with Crippen LogP contribution in [-0.2, 0) is 25.1 Å². The maximum Gasteiger partial charge on any atom is 0.261 e. The van der Waals surface area contributed by atoms with Crippen LogP contribution in [0.2, 0.25) is 0 Å². The molecule has 33 heavy (non-hydrogen) atoms. The molecule has 1 heterocycles. The largest absolute Gasteiger partial charge is 0.381 e. The number of ether oxygens (including phenoxy) is 2. The minimum atomic E-state index is -4.02. The van der Waals surface area contributed by atoms with Gasteiger partial charge in [0.15, 0.2) is 0 Å². The second-order valence-corrected chi connectivity index (χ2v) is 10.5. The third-order valence-electron chi connectivity index (χ3n) is 5.60. The maximum atomic E-state index is 13.8. The average molecular weight is 492 g/mol. The molecule has 1 aliphatic heterocycles. The third-order valence-corrected chi connectivity index (χ3v) is 7.98. The lowest BCUT2D eigenvalue weighted by molar-refractivity contribution is -0.0948. The number of rotatable bonds is 7. The van der Waals surface area contributed by atoms with E-state index in [0.717, 1.165) is 40.3 Å². The summed E-state index contributed by atoms with van der Waals surface area (Å²) in [5, 5.41) is 0. The topological polar surface area (TPSA) is 64.6 Å². The molecule has 0 aliphatic carbocycles. The molecule has 5 nitrogen and oxygen atoms in total. The van der Waals surface area contributed by atoms with Crippen molar-refractivity contribution in [2.45, 2.75) is 33.1 Å². The molecule has 0 atom stereocenters. The number of nitrogens with one attached hydrogen (secondary N) is 1. The second-order valence-electron chi connectivity index (χ2n) is 7.64. The molecule has 1 fully saturated rings. The van der Waals surface area contributed by atoms with Crippen LogP contribution in [-0.4, -0.2) is 28.7 Å². The van der Waals surface area contributed by atoms with Crippen molar-refractivity contribution >= 4 is 27.5 Å². The Morgan fingerprint density at radius 1 is 0.970 bits per heavy atom. The summed E-state index contributed by atoms with van der Waals surface area (Å²) in [6.07, 6.45) is 1.57. The van der Waals surface area contributed by atoms with Crippen molar-refractivity contribution in [1.82, 2.24) is 0 Å². The van der Waals surface area contributed by atoms with E-state index in [9.17, 15) is 17.2 Å². The zero-order valence-electron chi connectivity index (χ0n) is 17.9. The third kappa shape index (κ3) is 5.38. The number of anilines is 1. The van der Waals surface area contributed by atoms with Gasteiger partial charge in [-0.25, -0.2) is 17.2 Å². The van der Waals surface area contributed by atoms with Crippen LogP contribution >= 0.6 is 11.8 Å². The van der Waals surface area contributed by atoms with E-state index in [1.54, 1.807) is 19.2 Å². The maximum absolute atomic E-state index is 13.8. The lowest BCUT2D eigenvalue weighted by atomic mass is 9.86. The molecule has 1 saturated heterocycles. The van der Waals surface area contributed by atoms with Crippen molar-refractivity contribution in [3.63, 3.8) is 0 Å². The van der Waals surface area contributed by atoms with Gasteiger partial charge in [0, 0.05) is 49.0 Å². The van der Waals surface area contributed by atoms with Crippen LogP contribution in [0.3, 0.4) is 0 Å². The molecule has 4 rings (SSSR count). The number of halogens is 2. The summed E-state index contributed by atoms with van der Waals surface area (Å²) in [6.45, 7) is 1.30. The predicted octanol–water partition coefficient (Wildman–Crippen LogP) is 5.57. The molecule has 3 aromatic carbocycles. The summed E-state index contributed by atoms with van der Waals surface area (Å²) in [4.78, 5) is 1.82. The van der Waals surface area contributed by atoms with Gasteiger partial charge in [-0.1, -0.05) is 23.9 Å². The van der Waals surface area contributed by atoms with Crippen molar-refractivity contribution in [1.29, 1.82) is 0 Å². The first-order valence-electron chi connectivity index (χ1n) is 10.3. The minimum Gasteiger partial charge on any atom is -0.381 e. The van der Waals surface area contributed by atoms with E-state index in [4.69, 9.17) is 9.47 Å². The first kappa shape index (κ1) is 23.7. The predicted molar refractivity (Wildman–Crippen MR) is 123 cm³/mol. The standard InChI is InChI=1S/C24H23F2NO4S2/c1-30-24(11-13-31-14-12-24)17-3-2-4-20(15-17)32-19-6-8-21(9-7-19)33(28,29)27-23-10-5-18(25)16-22(23)26/h2-10,15-16,27H,11-14H2,1H3. The normalized spacial score (nSPS) is 15.8. The van der Waals surface area contributed by atoms with E-state index >= 15 is 0 Å². The quantitative estimate of drug-likeness (QED) is 0.468. The van der Waals surface area contributed by atoms with Crippen molar-refractivity contribution < 1.29 is 26.7 Å². The van der Waals surface area contributed by atoms with Gasteiger partial charge in [-0.3, -0.25) is 4.72 Å². The van der Waals surface area contributed by atoms with Gasteiger partial charge in [-0.05, 0) is 54.1 Å². The summed E-state index contributed by atoms with van der Waals surface area (Å²) in [6, 6.07) is 17.0. The van der Waals surface area contributed by atoms with Gasteiger partial charge < -0.3 is 9.47 Å². The summed E-state index contributed by atoms with van der Waals surface area (Å²) in [5.41, 5.74) is 0.406. The van der Waals surface area contributed by atoms with Crippen LogP contribution < -0.4 is 4.72 Å². The highest BCUT2D eigenvalue weighted by Gasteiger charge is 2.34. The average Bonchev–Trinajstić information content (AvgIpc) is 2.82. The van der Waals surface area contributed by atoms with Gasteiger partial charge in [0.2, 0.25) is 0 Å². The molecular weight excluding hydrogens is 468 g/mol. The Balaban J connectivity index is 1.50. The Morgan fingerprint density at radius 3 is 2.36 bits per heavy atom. The minimum absolute atomic E-state index is 0.0233. The van der Waals surface area contributed by atoms with Gasteiger partial charge in [-0.2, -0.15) is 0 Å². The molecule has 1 aliphatic rings. The highest BCUT2D eigenvalue weighted by atomic mass is 32.2. The molecular formula is C24H23F2NO4S2. The van der Waals surface area contributed by atoms with Crippen LogP contribution in [0, 0.1) is 11.6 Å². The lowest BCUT2D eigenvalue weighted by Gasteiger charge is -2.36. The molecule has 0 unspecified atom stereocenters. The second kappa shape index (κ2) is 9.80. The number of hydrogen-bond acceptors (Lipinski definition) is 5. The Morgan fingerprint density at radius 2 is 1.70 bits per heavy atom. The molecule has 0 spiro atoms. The fraction of sp³-hybridized carbons (Fsp3) is 0.250. The van der Waals surface area contributed by atoms with Crippen LogP contribution in [0.15, 0.2) is 81.4 Å². The monoisotopic (exact) mass is 491 g/mol. The first-order valence-corrected chi connectivity index (χ1v) is 12.6. The van der Waals surface area contributed by atoms with Crippen molar-refractivity contribution in [2.75, 3.05) is 25.0 Å². The first-order chi connectivity index (χ1) is 15.8. The van der Waals surface area contributed by atoms with Gasteiger partial charge >= 0.3 is 0 Å². The lowest BCUT2D eigenvalue weighted by Crippen LogP contribution is -2.35. The summed E-state index contributed by atoms with van der Waals surface area (Å²) >= 11 is 1.50. The fourth-order valence-corrected chi connectivity index (χ4v) is 5.70. The molecule has 9 heteroatoms. The van der Waals surface area contributed by atoms with E-state index in [0.29, 0.717) is 19.3 Å². The fourth-order valence-electron chi connectivity index (χ4n) is 3.75. The van der Waals surface area contributed by atoms with Gasteiger partial charge in [0.05, 0.1) is 16.2 Å². The van der Waals surface area contributed by atoms with Crippen LogP contribution in [0.4, 0.5) is 14.5 Å². The zero-order chi connectivity index (χ0) is 23.5. The molecule has 0 saturated carbocycles. The summed E-state index contributed by atoms with van der Waals surface area (Å²) < 4.78 is 65.6. The Bertz CT molecular complexity index is 1230. The highest BCUT2D eigenvalue weighted by molar-refractivity contribution is 7.99. The Labute approximate surface area is 196 Å². The van der Waals surface area contributed by atoms with Crippen LogP contribution in [0.25, 0.3) is 0 Å². The molecule has 0 bridgehead atoms. The van der Waals surface area contributed by atoms with E-state index in [2.05, 4.69) is 16.9 Å². The van der Waals surface area contributed by atoms with Gasteiger partial charge in [-0.15, -0.1) is 0 Å². The smallest absolute Gasteiger partial charge is 0.261 e. The molecule has 0 aromatic heterocycles. The number of sulfonamides is 1. The van der Waals surface area contributed by atoms with E-state index in [-0.39, 0.29) is 16.2 Å². The van der Waals surface area contributed by atoms with Gasteiger partial charge in [0.25, 0.3) is 10.0 Å². The van der Waals surface area contributed by atoms with Crippen LogP contribution in [0.1, 0.15) is 18.4 Å². The van der Waals surface area contributed by atoms with E-state index < -0.39 is 21.7 Å². The molecule has 1 N–H and O–H groups in total. The van der Waals surface area contributed by atoms with Crippen molar-refractivity contribution in [2.24, 2.45) is 0 Å². The van der Waals surface area contributed by atoms with Crippen molar-refractivity contribution in [3.05, 3.63) is 83.9 Å². The van der Waals surface area contributed by atoms with Crippen molar-refractivity contribution in [3.8, 4) is 0 Å². The van der Waals surface area contributed by atoms with E-state index in [1.165, 1.54) is 23.9 Å². The Kier molecular flexibility index (Phi) is 7.04. The molecule has 0 amide bonds. The molecule has 174 valence electrons. The van der Waals surface area contributed by atoms with Gasteiger partial charge in [0.1, 0.15) is 11.6 Å². The molecule has 0 radical (unpaired) electrons. The number of benzene rings is 3. The summed E-state index contributed by atoms with van der Waals surface area (Å²) in [7, 11) is -2.30. The summed E-state index contributed by atoms with van der Waals surface area (Å²) in [5.74, 6) is -1.77. The Hall–Kier alpha value is -2.46. The van der Waals surface area contributed by atoms with Crippen LogP contribution in [0.5, 0.6) is 0 Å². The van der Waals surface area contributed by atoms with E-state index in [1.807, 2.05) is 12.1 Å². The zero-order valence-corrected chi connectivity index (χ0v) is 19.5. The SMILES string of the molecule is COC1(c2cccc(Sc3ccc(S(=O)(=O)Nc4ccc(F)cc4F)cc3)c2)CCOCC1. The number of methoxy groups -OCH3 is 1. The number of hydrogen-bond donors (Lipinski definition) is 1. The highest BCUT2D eigenvalue weighted by Crippen LogP contribution is 2.38.